The average molecular weight is 436 g/mol. The standard InChI is InChI=1S/C22H31F2N5O2/c1-3-4-5-6-7-8-11-30-18-10-9-16(12-15(18)2)19-27-20(31-28-19)17-13-22(23,24)14-29(17)21(25)26/h9-10,12,17H,3-8,11,13-14H2,1-2H3,(H3,25,26)/t17-/m0/s1. The maximum Gasteiger partial charge on any atom is 0.267 e. The smallest absolute Gasteiger partial charge is 0.267 e. The molecule has 0 unspecified atom stereocenters. The molecule has 31 heavy (non-hydrogen) atoms. The maximum atomic E-state index is 13.8. The molecule has 0 aliphatic carbocycles. The number of nitrogens with zero attached hydrogens (tertiary/aromatic N) is 3. The van der Waals surface area contributed by atoms with Gasteiger partial charge in [-0.05, 0) is 37.1 Å². The minimum Gasteiger partial charge on any atom is -0.493 e. The van der Waals surface area contributed by atoms with E-state index in [9.17, 15) is 8.78 Å². The lowest BCUT2D eigenvalue weighted by molar-refractivity contribution is 0.0159. The first kappa shape index (κ1) is 23.0. The molecule has 0 radical (unpaired) electrons. The van der Waals surface area contributed by atoms with Crippen molar-refractivity contribution in [3.05, 3.63) is 29.7 Å². The molecule has 0 amide bonds. The Balaban J connectivity index is 1.61. The van der Waals surface area contributed by atoms with Crippen LogP contribution < -0.4 is 10.5 Å². The summed E-state index contributed by atoms with van der Waals surface area (Å²) in [4.78, 5) is 5.38. The molecule has 1 aromatic carbocycles. The number of likely N-dealkylation sites (tertiary alicyclic amines) is 1. The van der Waals surface area contributed by atoms with Crippen molar-refractivity contribution in [3.63, 3.8) is 0 Å². The zero-order valence-electron chi connectivity index (χ0n) is 18.2. The number of aromatic nitrogens is 2. The van der Waals surface area contributed by atoms with Crippen molar-refractivity contribution in [1.82, 2.24) is 15.0 Å². The van der Waals surface area contributed by atoms with Crippen molar-refractivity contribution in [3.8, 4) is 17.1 Å². The molecule has 0 bridgehead atoms. The third kappa shape index (κ3) is 5.92. The number of rotatable bonds is 10. The molecule has 1 aromatic heterocycles. The first-order valence-electron chi connectivity index (χ1n) is 10.9. The number of halogens is 2. The quantitative estimate of drug-likeness (QED) is 0.307. The summed E-state index contributed by atoms with van der Waals surface area (Å²) in [6, 6.07) is 4.67. The number of alkyl halides is 2. The fourth-order valence-electron chi connectivity index (χ4n) is 3.79. The Bertz CT molecular complexity index is 887. The van der Waals surface area contributed by atoms with Crippen LogP contribution >= 0.6 is 0 Å². The number of unbranched alkanes of at least 4 members (excludes halogenated alkanes) is 5. The Morgan fingerprint density at radius 1 is 1.29 bits per heavy atom. The number of nitrogens with two attached hydrogens (primary N) is 1. The molecule has 2 heterocycles. The Labute approximate surface area is 181 Å². The molecule has 7 nitrogen and oxygen atoms in total. The Kier molecular flexibility index (Phi) is 7.46. The molecule has 0 saturated carbocycles. The van der Waals surface area contributed by atoms with Crippen LogP contribution in [0.2, 0.25) is 0 Å². The van der Waals surface area contributed by atoms with Crippen LogP contribution in [-0.2, 0) is 0 Å². The monoisotopic (exact) mass is 435 g/mol. The second-order valence-electron chi connectivity index (χ2n) is 8.14. The number of aryl methyl sites for hydroxylation is 1. The SMILES string of the molecule is CCCCCCCCOc1ccc(-c2noc([C@@H]3CC(F)(F)CN3C(=N)N)n2)cc1C. The lowest BCUT2D eigenvalue weighted by Gasteiger charge is -2.20. The molecule has 3 rings (SSSR count). The number of hydrogen-bond donors (Lipinski definition) is 2. The summed E-state index contributed by atoms with van der Waals surface area (Å²) in [7, 11) is 0. The van der Waals surface area contributed by atoms with E-state index in [2.05, 4.69) is 17.1 Å². The summed E-state index contributed by atoms with van der Waals surface area (Å²) >= 11 is 0. The molecular weight excluding hydrogens is 404 g/mol. The topological polar surface area (TPSA) is 101 Å². The van der Waals surface area contributed by atoms with Crippen molar-refractivity contribution in [1.29, 1.82) is 5.41 Å². The van der Waals surface area contributed by atoms with Gasteiger partial charge >= 0.3 is 0 Å². The summed E-state index contributed by atoms with van der Waals surface area (Å²) in [6.07, 6.45) is 6.72. The van der Waals surface area contributed by atoms with Crippen LogP contribution in [0.3, 0.4) is 0 Å². The third-order valence-electron chi connectivity index (χ3n) is 5.49. The largest absolute Gasteiger partial charge is 0.493 e. The highest BCUT2D eigenvalue weighted by atomic mass is 19.3. The van der Waals surface area contributed by atoms with E-state index >= 15 is 0 Å². The zero-order valence-corrected chi connectivity index (χ0v) is 18.2. The molecule has 170 valence electrons. The van der Waals surface area contributed by atoms with Gasteiger partial charge in [0.05, 0.1) is 13.2 Å². The summed E-state index contributed by atoms with van der Waals surface area (Å²) in [6.45, 7) is 4.19. The summed E-state index contributed by atoms with van der Waals surface area (Å²) < 4.78 is 38.8. The van der Waals surface area contributed by atoms with E-state index in [0.717, 1.165) is 22.6 Å². The highest BCUT2D eigenvalue weighted by molar-refractivity contribution is 5.75. The van der Waals surface area contributed by atoms with Gasteiger partial charge in [-0.3, -0.25) is 5.41 Å². The third-order valence-corrected chi connectivity index (χ3v) is 5.49. The van der Waals surface area contributed by atoms with Crippen molar-refractivity contribution >= 4 is 5.96 Å². The maximum absolute atomic E-state index is 13.8. The van der Waals surface area contributed by atoms with Crippen LogP contribution in [-0.4, -0.2) is 40.1 Å². The van der Waals surface area contributed by atoms with E-state index < -0.39 is 30.9 Å². The average Bonchev–Trinajstić information content (AvgIpc) is 3.32. The van der Waals surface area contributed by atoms with Crippen molar-refractivity contribution in [2.75, 3.05) is 13.2 Å². The molecule has 3 N–H and O–H groups in total. The molecule has 9 heteroatoms. The van der Waals surface area contributed by atoms with Crippen LogP contribution in [0.1, 0.15) is 69.4 Å². The second-order valence-corrected chi connectivity index (χ2v) is 8.14. The van der Waals surface area contributed by atoms with Crippen LogP contribution in [0.4, 0.5) is 8.78 Å². The van der Waals surface area contributed by atoms with Crippen LogP contribution in [0.15, 0.2) is 22.7 Å². The van der Waals surface area contributed by atoms with E-state index in [1.807, 2.05) is 25.1 Å². The Morgan fingerprint density at radius 2 is 2.03 bits per heavy atom. The first-order valence-corrected chi connectivity index (χ1v) is 10.9. The van der Waals surface area contributed by atoms with Crippen LogP contribution in [0, 0.1) is 12.3 Å². The van der Waals surface area contributed by atoms with E-state index in [-0.39, 0.29) is 5.89 Å². The van der Waals surface area contributed by atoms with Gasteiger partial charge in [0.1, 0.15) is 11.8 Å². The van der Waals surface area contributed by atoms with Gasteiger partial charge in [0.15, 0.2) is 5.96 Å². The van der Waals surface area contributed by atoms with Crippen LogP contribution in [0.5, 0.6) is 5.75 Å². The Morgan fingerprint density at radius 3 is 2.74 bits per heavy atom. The van der Waals surface area contributed by atoms with Crippen molar-refractivity contribution < 1.29 is 18.0 Å². The number of ether oxygens (including phenoxy) is 1. The minimum absolute atomic E-state index is 0.0310. The highest BCUT2D eigenvalue weighted by Gasteiger charge is 2.48. The summed E-state index contributed by atoms with van der Waals surface area (Å²) in [5, 5.41) is 11.5. The number of benzene rings is 1. The fourth-order valence-corrected chi connectivity index (χ4v) is 3.79. The fraction of sp³-hybridized carbons (Fsp3) is 0.591. The van der Waals surface area contributed by atoms with Gasteiger partial charge in [0.2, 0.25) is 11.7 Å². The van der Waals surface area contributed by atoms with Crippen molar-refractivity contribution in [2.24, 2.45) is 5.73 Å². The number of nitrogens with one attached hydrogen (secondary N) is 1. The van der Waals surface area contributed by atoms with Crippen LogP contribution in [0.25, 0.3) is 11.4 Å². The molecule has 1 saturated heterocycles. The van der Waals surface area contributed by atoms with Gasteiger partial charge in [-0.15, -0.1) is 0 Å². The molecule has 0 spiro atoms. The van der Waals surface area contributed by atoms with Gasteiger partial charge in [-0.1, -0.05) is 44.2 Å². The van der Waals surface area contributed by atoms with E-state index in [4.69, 9.17) is 20.4 Å². The van der Waals surface area contributed by atoms with E-state index in [1.165, 1.54) is 32.1 Å². The van der Waals surface area contributed by atoms with Gasteiger partial charge in [-0.25, -0.2) is 8.78 Å². The number of hydrogen-bond acceptors (Lipinski definition) is 5. The second kappa shape index (κ2) is 10.1. The van der Waals surface area contributed by atoms with E-state index in [0.29, 0.717) is 18.0 Å². The molecule has 1 fully saturated rings. The predicted molar refractivity (Wildman–Crippen MR) is 114 cm³/mol. The highest BCUT2D eigenvalue weighted by Crippen LogP contribution is 2.40. The summed E-state index contributed by atoms with van der Waals surface area (Å²) in [5.74, 6) is -2.26. The molecule has 1 aliphatic rings. The van der Waals surface area contributed by atoms with Gasteiger partial charge in [0.25, 0.3) is 5.92 Å². The lowest BCUT2D eigenvalue weighted by atomic mass is 10.1. The first-order chi connectivity index (χ1) is 14.8. The minimum atomic E-state index is -2.96. The molecule has 1 atom stereocenters. The number of guanidine groups is 1. The molecular formula is C22H31F2N5O2. The van der Waals surface area contributed by atoms with Gasteiger partial charge < -0.3 is 19.9 Å². The lowest BCUT2D eigenvalue weighted by Crippen LogP contribution is -2.37. The van der Waals surface area contributed by atoms with Crippen molar-refractivity contribution in [2.45, 2.75) is 70.8 Å². The zero-order chi connectivity index (χ0) is 22.4. The molecule has 1 aliphatic heterocycles. The van der Waals surface area contributed by atoms with Gasteiger partial charge in [-0.2, -0.15) is 4.98 Å². The Hall–Kier alpha value is -2.71. The molecule has 2 aromatic rings. The van der Waals surface area contributed by atoms with Gasteiger partial charge in [0, 0.05) is 12.0 Å². The van der Waals surface area contributed by atoms with E-state index in [1.54, 1.807) is 0 Å². The predicted octanol–water partition coefficient (Wildman–Crippen LogP) is 5.06. The normalized spacial score (nSPS) is 17.8. The summed E-state index contributed by atoms with van der Waals surface area (Å²) in [5.41, 5.74) is 7.10.